The van der Waals surface area contributed by atoms with E-state index in [1.165, 1.54) is 56.2 Å². The molecule has 32 heavy (non-hydrogen) atoms. The molecule has 8 unspecified atom stereocenters. The average molecular weight is 444 g/mol. The van der Waals surface area contributed by atoms with Gasteiger partial charge in [0.2, 0.25) is 0 Å². The molecule has 0 aliphatic heterocycles. The molecule has 0 bridgehead atoms. The lowest BCUT2D eigenvalue weighted by molar-refractivity contribution is -0.0315. The molecule has 4 aliphatic carbocycles. The number of fused-ring (bicyclic) bond motifs is 5. The van der Waals surface area contributed by atoms with Crippen LogP contribution in [-0.2, 0) is 4.84 Å². The molecule has 3 fully saturated rings. The Balaban J connectivity index is 1.61. The molecule has 1 N–H and O–H groups in total. The van der Waals surface area contributed by atoms with Crippen molar-refractivity contribution in [3.63, 3.8) is 0 Å². The quantitative estimate of drug-likeness (QED) is 0.417. The molecule has 4 rings (SSSR count). The normalized spacial score (nSPS) is 43.4. The zero-order valence-corrected chi connectivity index (χ0v) is 21.7. The van der Waals surface area contributed by atoms with E-state index in [4.69, 9.17) is 9.99 Å². The lowest BCUT2D eigenvalue weighted by Gasteiger charge is -2.58. The highest BCUT2D eigenvalue weighted by Gasteiger charge is 2.60. The van der Waals surface area contributed by atoms with Gasteiger partial charge in [0.25, 0.3) is 0 Å². The molecule has 3 heteroatoms. The predicted molar refractivity (Wildman–Crippen MR) is 133 cm³/mol. The fourth-order valence-corrected chi connectivity index (χ4v) is 8.66. The van der Waals surface area contributed by atoms with Crippen molar-refractivity contribution in [3.05, 3.63) is 11.6 Å². The van der Waals surface area contributed by atoms with E-state index in [0.29, 0.717) is 23.9 Å². The second kappa shape index (κ2) is 9.43. The van der Waals surface area contributed by atoms with Crippen LogP contribution in [0.1, 0.15) is 106 Å². The van der Waals surface area contributed by atoms with Gasteiger partial charge in [0.1, 0.15) is 6.61 Å². The summed E-state index contributed by atoms with van der Waals surface area (Å²) in [6.07, 6.45) is 14.6. The van der Waals surface area contributed by atoms with Crippen molar-refractivity contribution in [2.45, 2.75) is 112 Å². The summed E-state index contributed by atoms with van der Waals surface area (Å²) < 4.78 is 0. The summed E-state index contributed by atoms with van der Waals surface area (Å²) in [4.78, 5) is 5.67. The minimum atomic E-state index is -0.185. The minimum absolute atomic E-state index is 0.185. The van der Waals surface area contributed by atoms with Crippen molar-refractivity contribution in [2.75, 3.05) is 6.61 Å². The van der Waals surface area contributed by atoms with Gasteiger partial charge in [-0.15, -0.1) is 0 Å². The van der Waals surface area contributed by atoms with Crippen LogP contribution >= 0.6 is 0 Å². The molecule has 4 aliphatic rings. The highest BCUT2D eigenvalue weighted by molar-refractivity contribution is 5.99. The third-order valence-electron chi connectivity index (χ3n) is 10.4. The second-order valence-corrected chi connectivity index (χ2v) is 12.7. The Morgan fingerprint density at radius 1 is 1.06 bits per heavy atom. The molecule has 0 aromatic heterocycles. The van der Waals surface area contributed by atoms with E-state index in [1.807, 2.05) is 6.92 Å². The molecule has 0 heterocycles. The Hall–Kier alpha value is -0.830. The number of hydrogen-bond donors (Lipinski definition) is 1. The second-order valence-electron chi connectivity index (χ2n) is 12.7. The van der Waals surface area contributed by atoms with Gasteiger partial charge in [0.05, 0.1) is 11.8 Å². The monoisotopic (exact) mass is 443 g/mol. The van der Waals surface area contributed by atoms with E-state index in [-0.39, 0.29) is 11.5 Å². The number of aliphatic hydroxyl groups is 1. The molecule has 0 aromatic rings. The van der Waals surface area contributed by atoms with Crippen molar-refractivity contribution in [3.8, 4) is 0 Å². The molecule has 0 aromatic carbocycles. The van der Waals surface area contributed by atoms with Gasteiger partial charge < -0.3 is 9.94 Å². The SMILES string of the molecule is CCO/N=C1\C=C2CC(O)CCC2(C)C2CCC3(C)C(C(C)CCCC(C)C)CCC3C12. The van der Waals surface area contributed by atoms with E-state index in [0.717, 1.165) is 42.9 Å². The Kier molecular flexibility index (Phi) is 7.16. The largest absolute Gasteiger partial charge is 0.396 e. The van der Waals surface area contributed by atoms with Gasteiger partial charge in [0, 0.05) is 5.92 Å². The summed E-state index contributed by atoms with van der Waals surface area (Å²) >= 11 is 0. The van der Waals surface area contributed by atoms with Crippen LogP contribution in [0.3, 0.4) is 0 Å². The maximum absolute atomic E-state index is 10.4. The van der Waals surface area contributed by atoms with Crippen LogP contribution in [0.2, 0.25) is 0 Å². The number of aliphatic hydroxyl groups excluding tert-OH is 1. The highest BCUT2D eigenvalue weighted by atomic mass is 16.6. The minimum Gasteiger partial charge on any atom is -0.396 e. The molecule has 3 saturated carbocycles. The first kappa shape index (κ1) is 24.3. The zero-order chi connectivity index (χ0) is 23.1. The number of rotatable bonds is 7. The summed E-state index contributed by atoms with van der Waals surface area (Å²) in [5.74, 6) is 4.39. The van der Waals surface area contributed by atoms with Crippen LogP contribution in [0.15, 0.2) is 16.8 Å². The van der Waals surface area contributed by atoms with Gasteiger partial charge in [-0.25, -0.2) is 0 Å². The molecule has 0 spiro atoms. The van der Waals surface area contributed by atoms with Crippen LogP contribution in [0.4, 0.5) is 0 Å². The van der Waals surface area contributed by atoms with Crippen molar-refractivity contribution in [2.24, 2.45) is 51.5 Å². The molecule has 0 radical (unpaired) electrons. The van der Waals surface area contributed by atoms with Crippen molar-refractivity contribution in [1.82, 2.24) is 0 Å². The Morgan fingerprint density at radius 2 is 1.84 bits per heavy atom. The number of oxime groups is 1. The molecule has 0 amide bonds. The van der Waals surface area contributed by atoms with Gasteiger partial charge in [-0.3, -0.25) is 0 Å². The van der Waals surface area contributed by atoms with Crippen LogP contribution in [-0.4, -0.2) is 23.5 Å². The third kappa shape index (κ3) is 4.21. The van der Waals surface area contributed by atoms with E-state index in [9.17, 15) is 5.11 Å². The summed E-state index contributed by atoms with van der Waals surface area (Å²) in [5, 5.41) is 15.1. The number of nitrogens with zero attached hydrogens (tertiary/aromatic N) is 1. The van der Waals surface area contributed by atoms with E-state index < -0.39 is 0 Å². The molecular formula is C29H49NO2. The van der Waals surface area contributed by atoms with Crippen molar-refractivity contribution >= 4 is 5.71 Å². The van der Waals surface area contributed by atoms with E-state index in [1.54, 1.807) is 0 Å². The van der Waals surface area contributed by atoms with Crippen LogP contribution < -0.4 is 0 Å². The Bertz CT molecular complexity index is 727. The molecule has 3 nitrogen and oxygen atoms in total. The van der Waals surface area contributed by atoms with E-state index >= 15 is 0 Å². The van der Waals surface area contributed by atoms with Crippen LogP contribution in [0, 0.1) is 46.3 Å². The first-order chi connectivity index (χ1) is 15.2. The van der Waals surface area contributed by atoms with Crippen molar-refractivity contribution < 1.29 is 9.94 Å². The molecule has 182 valence electrons. The Morgan fingerprint density at radius 3 is 2.56 bits per heavy atom. The summed E-state index contributed by atoms with van der Waals surface area (Å²) in [6, 6.07) is 0. The first-order valence-corrected chi connectivity index (χ1v) is 13.8. The number of hydrogen-bond acceptors (Lipinski definition) is 3. The summed E-state index contributed by atoms with van der Waals surface area (Å²) in [6.45, 7) is 15.0. The summed E-state index contributed by atoms with van der Waals surface area (Å²) in [7, 11) is 0. The third-order valence-corrected chi connectivity index (χ3v) is 10.4. The fourth-order valence-electron chi connectivity index (χ4n) is 8.66. The lowest BCUT2D eigenvalue weighted by atomic mass is 9.46. The van der Waals surface area contributed by atoms with E-state index in [2.05, 4.69) is 40.7 Å². The molecule has 8 atom stereocenters. The summed E-state index contributed by atoms with van der Waals surface area (Å²) in [5.41, 5.74) is 3.30. The standard InChI is InChI=1S/C29H49NO2/c1-7-32-30-26-18-21-17-22(31)13-15-28(21,5)25-14-16-29(6)23(11-12-24(29)27(25)26)20(4)10-8-9-19(2)3/h18-20,22-25,27,31H,7-17H2,1-6H3/b30-26+. The number of allylic oxidation sites excluding steroid dienone is 1. The smallest absolute Gasteiger partial charge is 0.114 e. The van der Waals surface area contributed by atoms with Gasteiger partial charge in [-0.2, -0.15) is 0 Å². The molecular weight excluding hydrogens is 394 g/mol. The Labute approximate surface area is 197 Å². The molecule has 0 saturated heterocycles. The highest BCUT2D eigenvalue weighted by Crippen LogP contribution is 2.66. The van der Waals surface area contributed by atoms with Crippen LogP contribution in [0.25, 0.3) is 0 Å². The maximum Gasteiger partial charge on any atom is 0.114 e. The van der Waals surface area contributed by atoms with Crippen molar-refractivity contribution in [1.29, 1.82) is 0 Å². The fraction of sp³-hybridized carbons (Fsp3) is 0.897. The van der Waals surface area contributed by atoms with Gasteiger partial charge in [-0.05, 0) is 98.4 Å². The average Bonchev–Trinajstić information content (AvgIpc) is 3.09. The predicted octanol–water partition coefficient (Wildman–Crippen LogP) is 7.39. The van der Waals surface area contributed by atoms with Gasteiger partial charge >= 0.3 is 0 Å². The zero-order valence-electron chi connectivity index (χ0n) is 21.7. The van der Waals surface area contributed by atoms with Gasteiger partial charge in [0.15, 0.2) is 0 Å². The topological polar surface area (TPSA) is 41.8 Å². The van der Waals surface area contributed by atoms with Crippen LogP contribution in [0.5, 0.6) is 0 Å². The van der Waals surface area contributed by atoms with Gasteiger partial charge in [-0.1, -0.05) is 64.6 Å². The lowest BCUT2D eigenvalue weighted by Crippen LogP contribution is -2.53. The first-order valence-electron chi connectivity index (χ1n) is 13.8. The maximum atomic E-state index is 10.4.